The molecule has 680 valence electrons. The van der Waals surface area contributed by atoms with Gasteiger partial charge in [-0.15, -0.1) is 0 Å². The smallest absolute Gasteiger partial charge is 0.0900 e. The summed E-state index contributed by atoms with van der Waals surface area (Å²) in [5.41, 5.74) is 35.5. The number of pyridine rings is 8. The van der Waals surface area contributed by atoms with E-state index < -0.39 is 0 Å². The van der Waals surface area contributed by atoms with Crippen LogP contribution in [0.15, 0.2) is 534 Å². The monoisotopic (exact) mass is 1860 g/mol. The van der Waals surface area contributed by atoms with E-state index in [4.69, 9.17) is 29.9 Å². The minimum Gasteiger partial charge on any atom is -0.256 e. The number of hydrogen-bond donors (Lipinski definition) is 0. The topological polar surface area (TPSA) is 103 Å². The van der Waals surface area contributed by atoms with Crippen molar-refractivity contribution in [2.45, 2.75) is 0 Å². The summed E-state index contributed by atoms with van der Waals surface area (Å²) >= 11 is 0. The van der Waals surface area contributed by atoms with Gasteiger partial charge in [0.15, 0.2) is 0 Å². The average Bonchev–Trinajstić information content (AvgIpc) is 0.754. The van der Waals surface area contributed by atoms with E-state index in [1.54, 1.807) is 0 Å². The molecule has 0 amide bonds. The third-order valence-electron chi connectivity index (χ3n) is 28.3. The normalized spacial score (nSPS) is 11.4. The molecule has 0 spiro atoms. The fourth-order valence-electron chi connectivity index (χ4n) is 21.4. The van der Waals surface area contributed by atoms with Crippen LogP contribution < -0.4 is 0 Å². The Kier molecular flexibility index (Phi) is 22.5. The molecule has 0 unspecified atom stereocenters. The van der Waals surface area contributed by atoms with E-state index in [2.05, 4.69) is 465 Å². The van der Waals surface area contributed by atoms with Crippen LogP contribution >= 0.6 is 0 Å². The van der Waals surface area contributed by atoms with Crippen molar-refractivity contribution in [3.63, 3.8) is 0 Å². The number of fused-ring (bicyclic) bond motifs is 14. The molecule has 0 saturated heterocycles. The summed E-state index contributed by atoms with van der Waals surface area (Å²) in [5, 5.41) is 20.3. The second-order valence-corrected chi connectivity index (χ2v) is 37.0. The Labute approximate surface area is 844 Å². The van der Waals surface area contributed by atoms with Crippen molar-refractivity contribution in [3.05, 3.63) is 534 Å². The van der Waals surface area contributed by atoms with E-state index in [-0.39, 0.29) is 0 Å². The van der Waals surface area contributed by atoms with E-state index in [1.807, 2.05) is 79.4 Å². The number of aromatic nitrogens is 8. The summed E-state index contributed by atoms with van der Waals surface area (Å²) in [5.74, 6) is 0. The molecule has 8 heteroatoms. The summed E-state index contributed by atoms with van der Waals surface area (Å²) in [6.07, 6.45) is 7.49. The van der Waals surface area contributed by atoms with Gasteiger partial charge in [-0.05, 0) is 263 Å². The number of benzene rings is 20. The fourth-order valence-corrected chi connectivity index (χ4v) is 21.4. The van der Waals surface area contributed by atoms with Crippen LogP contribution in [0.4, 0.5) is 0 Å². The Hall–Kier alpha value is -19.5. The van der Waals surface area contributed by atoms with Gasteiger partial charge in [-0.25, -0.2) is 19.9 Å². The van der Waals surface area contributed by atoms with E-state index in [0.717, 1.165) is 139 Å². The van der Waals surface area contributed by atoms with Gasteiger partial charge in [0.2, 0.25) is 0 Å². The van der Waals surface area contributed by atoms with Crippen molar-refractivity contribution in [1.29, 1.82) is 0 Å². The molecule has 28 aromatic rings. The van der Waals surface area contributed by atoms with Gasteiger partial charge in [-0.1, -0.05) is 400 Å². The lowest BCUT2D eigenvalue weighted by Gasteiger charge is -2.16. The number of para-hydroxylation sites is 2. The Morgan fingerprint density at radius 2 is 0.432 bits per heavy atom. The maximum atomic E-state index is 5.18. The predicted molar refractivity (Wildman–Crippen MR) is 610 cm³/mol. The van der Waals surface area contributed by atoms with Crippen LogP contribution in [0, 0.1) is 0 Å². The first-order valence-electron chi connectivity index (χ1n) is 49.4. The fraction of sp³-hybridized carbons (Fsp3) is 0. The second kappa shape index (κ2) is 37.9. The molecule has 20 aromatic carbocycles. The third-order valence-corrected chi connectivity index (χ3v) is 28.3. The van der Waals surface area contributed by atoms with Crippen molar-refractivity contribution in [1.82, 2.24) is 39.9 Å². The van der Waals surface area contributed by atoms with Crippen molar-refractivity contribution >= 4 is 119 Å². The van der Waals surface area contributed by atoms with E-state index >= 15 is 0 Å². The maximum Gasteiger partial charge on any atom is 0.0900 e. The van der Waals surface area contributed by atoms with Gasteiger partial charge < -0.3 is 0 Å². The number of nitrogens with zero attached hydrogens (tertiary/aromatic N) is 8. The Balaban J connectivity index is 0.000000112. The molecule has 0 aliphatic rings. The first-order valence-corrected chi connectivity index (χ1v) is 49.4. The maximum absolute atomic E-state index is 5.18. The van der Waals surface area contributed by atoms with E-state index in [0.29, 0.717) is 0 Å². The van der Waals surface area contributed by atoms with Gasteiger partial charge in [-0.2, -0.15) is 0 Å². The van der Waals surface area contributed by atoms with Gasteiger partial charge >= 0.3 is 0 Å². The van der Waals surface area contributed by atoms with Crippen LogP contribution in [0.3, 0.4) is 0 Å². The van der Waals surface area contributed by atoms with Crippen LogP contribution in [-0.4, -0.2) is 39.9 Å². The molecule has 0 aliphatic heterocycles. The lowest BCUT2D eigenvalue weighted by molar-refractivity contribution is 1.22. The van der Waals surface area contributed by atoms with Crippen LogP contribution in [0.2, 0.25) is 0 Å². The summed E-state index contributed by atoms with van der Waals surface area (Å²) < 4.78 is 0. The minimum atomic E-state index is 0.807. The molecule has 0 radical (unpaired) electrons. The molecule has 28 rings (SSSR count). The largest absolute Gasteiger partial charge is 0.256 e. The molecule has 146 heavy (non-hydrogen) atoms. The predicted octanol–water partition coefficient (Wildman–Crippen LogP) is 36.2. The molecule has 0 fully saturated rings. The molecular formula is C138H88N8. The lowest BCUT2D eigenvalue weighted by atomic mass is 9.89. The molecule has 0 N–H and O–H groups in total. The second-order valence-electron chi connectivity index (χ2n) is 37.0. The number of hydrogen-bond acceptors (Lipinski definition) is 8. The SMILES string of the molecule is c1ccc(-c2cc(-c3cccc(-c4ccc(-c5cc(-c6ccccn6)nc(-c6ccccn6)c5)c5ccccc45)c3)c3c(ccc4ccccc43)n2)cc1.c1ccc(-c2cc(-c3cccc(-c4ccc(-c5cccc6cccnc56)c5ccccc45)c3)c3c(ccc4ccccc43)n2)cc1.c1ccc(-c2cc(-c3cccc(-c4ccc(-c5cnc6ccccc6c5)c5ccccc45)c3)c3c(ccc4ccccc43)n2)cc1. The lowest BCUT2D eigenvalue weighted by Crippen LogP contribution is -1.94. The molecule has 8 aromatic heterocycles. The molecule has 8 nitrogen and oxygen atoms in total. The molecule has 0 saturated carbocycles. The highest BCUT2D eigenvalue weighted by atomic mass is 14.8. The van der Waals surface area contributed by atoms with Crippen molar-refractivity contribution in [3.8, 4) is 157 Å². The van der Waals surface area contributed by atoms with Crippen molar-refractivity contribution < 1.29 is 0 Å². The van der Waals surface area contributed by atoms with Crippen LogP contribution in [0.1, 0.15) is 0 Å². The van der Waals surface area contributed by atoms with E-state index in [1.165, 1.54) is 137 Å². The minimum absolute atomic E-state index is 0.807. The van der Waals surface area contributed by atoms with Gasteiger partial charge in [0.25, 0.3) is 0 Å². The Morgan fingerprint density at radius 3 is 0.836 bits per heavy atom. The Bertz CT molecular complexity index is 9880. The molecule has 0 atom stereocenters. The molecular weight excluding hydrogens is 1770 g/mol. The highest BCUT2D eigenvalue weighted by molar-refractivity contribution is 6.19. The van der Waals surface area contributed by atoms with Gasteiger partial charge in [0.1, 0.15) is 0 Å². The zero-order chi connectivity index (χ0) is 96.7. The van der Waals surface area contributed by atoms with Crippen LogP contribution in [0.25, 0.3) is 276 Å². The summed E-state index contributed by atoms with van der Waals surface area (Å²) in [4.78, 5) is 39.3. The number of rotatable bonds is 14. The zero-order valence-corrected chi connectivity index (χ0v) is 79.4. The van der Waals surface area contributed by atoms with E-state index in [9.17, 15) is 0 Å². The molecule has 0 aliphatic carbocycles. The first kappa shape index (κ1) is 86.8. The Morgan fingerprint density at radius 1 is 0.123 bits per heavy atom. The van der Waals surface area contributed by atoms with Crippen LogP contribution in [0.5, 0.6) is 0 Å². The van der Waals surface area contributed by atoms with Gasteiger partial charge in [-0.3, -0.25) is 19.9 Å². The average molecular weight is 1860 g/mol. The standard InChI is InChI=1S/C50H32N4.2C44H28N2/c1-2-14-34(15-3-1)47-32-43(50-40-18-5-4-13-33(40)23-26-46(50)53-47)36-17-12-16-35(29-36)38-24-25-39(42-20-7-6-19-41(38)42)37-30-48(44-21-8-10-27-51-44)54-49(31-37)45-22-9-11-28-52-45;1-2-12-30(13-3-1)43-27-40(44-37-17-6-4-11-29(37)21-24-42(44)46-43)32-16-10-15-31(25-32)35-22-23-36(39-19-8-7-18-38(35)39)34-26-33-14-5-9-20-41(33)45-28-34;1-2-12-30(13-3-1)42-28-40(43-35-18-5-4-11-29(35)22-25-41(43)46-42)33-16-8-15-32(27-33)34-23-24-38(37-20-7-6-19-36(34)37)39-21-9-14-31-17-10-26-45-44(31)39/h1-32H;2*1-28H. The first-order chi connectivity index (χ1) is 72.4. The molecule has 8 heterocycles. The van der Waals surface area contributed by atoms with Crippen LogP contribution in [-0.2, 0) is 0 Å². The highest BCUT2D eigenvalue weighted by Gasteiger charge is 2.23. The highest BCUT2D eigenvalue weighted by Crippen LogP contribution is 2.48. The zero-order valence-electron chi connectivity index (χ0n) is 79.4. The summed E-state index contributed by atoms with van der Waals surface area (Å²) in [6, 6.07) is 181. The van der Waals surface area contributed by atoms with Gasteiger partial charge in [0, 0.05) is 79.5 Å². The van der Waals surface area contributed by atoms with Crippen molar-refractivity contribution in [2.24, 2.45) is 0 Å². The van der Waals surface area contributed by atoms with Crippen molar-refractivity contribution in [2.75, 3.05) is 0 Å². The summed E-state index contributed by atoms with van der Waals surface area (Å²) in [6.45, 7) is 0. The third kappa shape index (κ3) is 16.5. The quantitative estimate of drug-likeness (QED) is 0.0992. The molecule has 0 bridgehead atoms. The van der Waals surface area contributed by atoms with Gasteiger partial charge in [0.05, 0.1) is 67.4 Å². The summed E-state index contributed by atoms with van der Waals surface area (Å²) in [7, 11) is 0.